The zero-order valence-electron chi connectivity index (χ0n) is 15.3. The summed E-state index contributed by atoms with van der Waals surface area (Å²) in [5.74, 6) is 0.362. The number of hydrogen-bond donors (Lipinski definition) is 1. The number of ether oxygens (including phenoxy) is 2. The molecule has 1 fully saturated rings. The van der Waals surface area contributed by atoms with Crippen molar-refractivity contribution in [1.29, 1.82) is 0 Å². The van der Waals surface area contributed by atoms with E-state index in [0.717, 1.165) is 42.0 Å². The molecule has 2 aromatic carbocycles. The highest BCUT2D eigenvalue weighted by molar-refractivity contribution is 7.17. The summed E-state index contributed by atoms with van der Waals surface area (Å²) in [5.41, 5.74) is 2.51. The molecule has 1 saturated heterocycles. The van der Waals surface area contributed by atoms with Crippen LogP contribution in [0.5, 0.6) is 5.75 Å². The molecule has 0 saturated carbocycles. The third kappa shape index (κ3) is 4.68. The summed E-state index contributed by atoms with van der Waals surface area (Å²) in [6.45, 7) is 3.24. The van der Waals surface area contributed by atoms with Crippen molar-refractivity contribution < 1.29 is 14.3 Å². The third-order valence-electron chi connectivity index (χ3n) is 4.41. The summed E-state index contributed by atoms with van der Waals surface area (Å²) in [6.07, 6.45) is 1.66. The van der Waals surface area contributed by atoms with Gasteiger partial charge in [-0.3, -0.25) is 4.79 Å². The van der Waals surface area contributed by atoms with Gasteiger partial charge in [0.05, 0.1) is 24.4 Å². The van der Waals surface area contributed by atoms with Crippen LogP contribution in [0.1, 0.15) is 4.88 Å². The molecule has 0 spiro atoms. The van der Waals surface area contributed by atoms with Crippen LogP contribution in [0.25, 0.3) is 10.8 Å². The summed E-state index contributed by atoms with van der Waals surface area (Å²) >= 11 is 1.64. The van der Waals surface area contributed by atoms with E-state index in [0.29, 0.717) is 5.75 Å². The number of carbonyl (C=O) groups is 1. The molecule has 2 heterocycles. The number of thiophene rings is 1. The van der Waals surface area contributed by atoms with Crippen LogP contribution >= 0.6 is 11.3 Å². The number of morpholine rings is 1. The topological polar surface area (TPSA) is 63.2 Å². The van der Waals surface area contributed by atoms with Crippen LogP contribution in [0.3, 0.4) is 0 Å². The lowest BCUT2D eigenvalue weighted by atomic mass is 10.1. The van der Waals surface area contributed by atoms with Gasteiger partial charge in [-0.25, -0.2) is 5.43 Å². The SMILES string of the molecule is O=C(COc1ccc2ccccc2c1)N/N=C/c1ccc(N2CCOCC2)s1. The second kappa shape index (κ2) is 8.86. The Labute approximate surface area is 167 Å². The van der Waals surface area contributed by atoms with Crippen molar-refractivity contribution in [2.24, 2.45) is 5.10 Å². The van der Waals surface area contributed by atoms with Crippen molar-refractivity contribution in [3.63, 3.8) is 0 Å². The normalized spacial score (nSPS) is 14.5. The van der Waals surface area contributed by atoms with Gasteiger partial charge in [0.25, 0.3) is 5.91 Å². The van der Waals surface area contributed by atoms with Crippen molar-refractivity contribution in [3.05, 3.63) is 59.5 Å². The lowest BCUT2D eigenvalue weighted by molar-refractivity contribution is -0.123. The Bertz CT molecular complexity index is 980. The fraction of sp³-hybridized carbons (Fsp3) is 0.238. The van der Waals surface area contributed by atoms with Crippen LogP contribution in [0.15, 0.2) is 59.7 Å². The van der Waals surface area contributed by atoms with Crippen LogP contribution in [0, 0.1) is 0 Å². The molecule has 7 heteroatoms. The summed E-state index contributed by atoms with van der Waals surface area (Å²) in [6, 6.07) is 17.8. The fourth-order valence-electron chi connectivity index (χ4n) is 2.97. The van der Waals surface area contributed by atoms with Crippen molar-refractivity contribution in [2.75, 3.05) is 37.8 Å². The van der Waals surface area contributed by atoms with Crippen molar-refractivity contribution >= 4 is 39.2 Å². The Kier molecular flexibility index (Phi) is 5.84. The van der Waals surface area contributed by atoms with E-state index in [1.165, 1.54) is 5.00 Å². The monoisotopic (exact) mass is 395 g/mol. The number of fused-ring (bicyclic) bond motifs is 1. The molecule has 28 heavy (non-hydrogen) atoms. The fourth-order valence-corrected chi connectivity index (χ4v) is 3.90. The quantitative estimate of drug-likeness (QED) is 0.514. The third-order valence-corrected chi connectivity index (χ3v) is 5.49. The Morgan fingerprint density at radius 2 is 1.96 bits per heavy atom. The number of amides is 1. The zero-order valence-corrected chi connectivity index (χ0v) is 16.2. The van der Waals surface area contributed by atoms with Crippen LogP contribution < -0.4 is 15.1 Å². The lowest BCUT2D eigenvalue weighted by Gasteiger charge is -2.27. The molecular weight excluding hydrogens is 374 g/mol. The summed E-state index contributed by atoms with van der Waals surface area (Å²) < 4.78 is 10.9. The van der Waals surface area contributed by atoms with Gasteiger partial charge >= 0.3 is 0 Å². The summed E-state index contributed by atoms with van der Waals surface area (Å²) in [7, 11) is 0. The number of nitrogens with zero attached hydrogens (tertiary/aromatic N) is 2. The number of benzene rings is 2. The standard InChI is InChI=1S/C21H21N3O3S/c25-20(15-27-18-6-5-16-3-1-2-4-17(16)13-18)23-22-14-19-7-8-21(28-19)24-9-11-26-12-10-24/h1-8,13-14H,9-12,15H2,(H,23,25)/b22-14+. The smallest absolute Gasteiger partial charge is 0.277 e. The maximum atomic E-state index is 12.0. The highest BCUT2D eigenvalue weighted by atomic mass is 32.1. The predicted octanol–water partition coefficient (Wildman–Crippen LogP) is 3.27. The minimum Gasteiger partial charge on any atom is -0.484 e. The Balaban J connectivity index is 1.26. The molecule has 6 nitrogen and oxygen atoms in total. The minimum absolute atomic E-state index is 0.0842. The van der Waals surface area contributed by atoms with E-state index in [2.05, 4.69) is 21.5 Å². The van der Waals surface area contributed by atoms with Gasteiger partial charge in [-0.05, 0) is 35.0 Å². The van der Waals surface area contributed by atoms with Crippen molar-refractivity contribution in [3.8, 4) is 5.75 Å². The molecule has 144 valence electrons. The first kappa shape index (κ1) is 18.5. The van der Waals surface area contributed by atoms with E-state index < -0.39 is 0 Å². The molecule has 1 aliphatic rings. The molecule has 0 unspecified atom stereocenters. The van der Waals surface area contributed by atoms with Crippen LogP contribution in [-0.4, -0.2) is 45.0 Å². The molecule has 0 aliphatic carbocycles. The Morgan fingerprint density at radius 1 is 1.14 bits per heavy atom. The number of nitrogens with one attached hydrogen (secondary N) is 1. The number of rotatable bonds is 6. The molecule has 0 radical (unpaired) electrons. The van der Waals surface area contributed by atoms with Gasteiger partial charge in [0.2, 0.25) is 0 Å². The molecule has 1 N–H and O–H groups in total. The maximum absolute atomic E-state index is 12.0. The zero-order chi connectivity index (χ0) is 19.2. The Morgan fingerprint density at radius 3 is 2.82 bits per heavy atom. The van der Waals surface area contributed by atoms with E-state index in [9.17, 15) is 4.79 Å². The van der Waals surface area contributed by atoms with Gasteiger partial charge in [-0.15, -0.1) is 11.3 Å². The Hall–Kier alpha value is -2.90. The van der Waals surface area contributed by atoms with Gasteiger partial charge < -0.3 is 14.4 Å². The second-order valence-corrected chi connectivity index (χ2v) is 7.46. The molecule has 0 atom stereocenters. The maximum Gasteiger partial charge on any atom is 0.277 e. The highest BCUT2D eigenvalue weighted by Crippen LogP contribution is 2.25. The van der Waals surface area contributed by atoms with Crippen LogP contribution in [-0.2, 0) is 9.53 Å². The first-order valence-electron chi connectivity index (χ1n) is 9.14. The molecule has 4 rings (SSSR count). The van der Waals surface area contributed by atoms with Gasteiger partial charge in [-0.2, -0.15) is 5.10 Å². The van der Waals surface area contributed by atoms with E-state index in [4.69, 9.17) is 9.47 Å². The van der Waals surface area contributed by atoms with Crippen molar-refractivity contribution in [1.82, 2.24) is 5.43 Å². The predicted molar refractivity (Wildman–Crippen MR) is 113 cm³/mol. The van der Waals surface area contributed by atoms with Gasteiger partial charge in [0, 0.05) is 18.0 Å². The summed E-state index contributed by atoms with van der Waals surface area (Å²) in [5, 5.41) is 7.43. The molecule has 3 aromatic rings. The van der Waals surface area contributed by atoms with Gasteiger partial charge in [0.1, 0.15) is 5.75 Å². The number of hydrazone groups is 1. The lowest BCUT2D eigenvalue weighted by Crippen LogP contribution is -2.35. The average Bonchev–Trinajstić information content (AvgIpc) is 3.22. The van der Waals surface area contributed by atoms with Crippen LogP contribution in [0.2, 0.25) is 0 Å². The molecular formula is C21H21N3O3S. The van der Waals surface area contributed by atoms with Gasteiger partial charge in [0.15, 0.2) is 6.61 Å². The first-order chi connectivity index (χ1) is 13.8. The first-order valence-corrected chi connectivity index (χ1v) is 9.96. The van der Waals surface area contributed by atoms with E-state index in [1.807, 2.05) is 48.5 Å². The molecule has 0 bridgehead atoms. The second-order valence-electron chi connectivity index (χ2n) is 6.37. The van der Waals surface area contributed by atoms with Crippen LogP contribution in [0.4, 0.5) is 5.00 Å². The number of anilines is 1. The number of hydrogen-bond acceptors (Lipinski definition) is 6. The molecule has 1 aliphatic heterocycles. The number of carbonyl (C=O) groups excluding carboxylic acids is 1. The average molecular weight is 395 g/mol. The molecule has 1 aromatic heterocycles. The summed E-state index contributed by atoms with van der Waals surface area (Å²) in [4.78, 5) is 15.2. The minimum atomic E-state index is -0.297. The largest absolute Gasteiger partial charge is 0.484 e. The van der Waals surface area contributed by atoms with Gasteiger partial charge in [-0.1, -0.05) is 30.3 Å². The highest BCUT2D eigenvalue weighted by Gasteiger charge is 2.12. The molecule has 1 amide bonds. The van der Waals surface area contributed by atoms with E-state index in [1.54, 1.807) is 17.6 Å². The van der Waals surface area contributed by atoms with E-state index >= 15 is 0 Å². The van der Waals surface area contributed by atoms with E-state index in [-0.39, 0.29) is 12.5 Å². The van der Waals surface area contributed by atoms with Crippen molar-refractivity contribution in [2.45, 2.75) is 0 Å².